The lowest BCUT2D eigenvalue weighted by atomic mass is 10.1. The topological polar surface area (TPSA) is 89.1 Å². The van der Waals surface area contributed by atoms with Gasteiger partial charge in [-0.05, 0) is 39.0 Å². The van der Waals surface area contributed by atoms with Crippen LogP contribution in [0.5, 0.6) is 0 Å². The summed E-state index contributed by atoms with van der Waals surface area (Å²) in [5.41, 5.74) is -0.123. The Hall–Kier alpha value is -3.89. The third-order valence-electron chi connectivity index (χ3n) is 4.56. The molecule has 8 nitrogen and oxygen atoms in total. The second-order valence-corrected chi connectivity index (χ2v) is 7.49. The van der Waals surface area contributed by atoms with E-state index < -0.39 is 17.6 Å². The predicted molar refractivity (Wildman–Crippen MR) is 113 cm³/mol. The molecule has 0 saturated heterocycles. The van der Waals surface area contributed by atoms with Gasteiger partial charge in [0.15, 0.2) is 5.65 Å². The number of hydrogen-bond acceptors (Lipinski definition) is 5. The van der Waals surface area contributed by atoms with Crippen LogP contribution in [0.15, 0.2) is 48.8 Å². The Morgan fingerprint density at radius 2 is 1.91 bits per heavy atom. The number of rotatable bonds is 5. The number of halogens is 3. The van der Waals surface area contributed by atoms with Gasteiger partial charge in [0.25, 0.3) is 5.91 Å². The molecule has 1 amide bonds. The first-order valence-electron chi connectivity index (χ1n) is 9.79. The summed E-state index contributed by atoms with van der Waals surface area (Å²) in [6.07, 6.45) is -1.56. The summed E-state index contributed by atoms with van der Waals surface area (Å²) in [6, 6.07) is 8.41. The number of aryl methyl sites for hydroxylation is 1. The molecule has 32 heavy (non-hydrogen) atoms. The van der Waals surface area contributed by atoms with Gasteiger partial charge in [-0.3, -0.25) is 4.79 Å². The first kappa shape index (κ1) is 21.3. The maximum Gasteiger partial charge on any atom is 0.418 e. The molecule has 0 aliphatic rings. The summed E-state index contributed by atoms with van der Waals surface area (Å²) >= 11 is 0. The molecule has 1 aromatic carbocycles. The Kier molecular flexibility index (Phi) is 5.33. The van der Waals surface area contributed by atoms with E-state index in [-0.39, 0.29) is 23.1 Å². The lowest BCUT2D eigenvalue weighted by molar-refractivity contribution is -0.137. The number of benzene rings is 1. The highest BCUT2D eigenvalue weighted by molar-refractivity contribution is 6.08. The number of para-hydroxylation sites is 1. The monoisotopic (exact) mass is 443 g/mol. The van der Waals surface area contributed by atoms with Crippen LogP contribution in [-0.2, 0) is 6.18 Å². The van der Waals surface area contributed by atoms with E-state index in [9.17, 15) is 18.0 Å². The van der Waals surface area contributed by atoms with E-state index in [1.165, 1.54) is 35.0 Å². The van der Waals surface area contributed by atoms with Crippen LogP contribution in [0.25, 0.3) is 11.3 Å². The van der Waals surface area contributed by atoms with Gasteiger partial charge < -0.3 is 10.6 Å². The van der Waals surface area contributed by atoms with E-state index in [1.807, 2.05) is 13.8 Å². The summed E-state index contributed by atoms with van der Waals surface area (Å²) in [4.78, 5) is 17.4. The summed E-state index contributed by atoms with van der Waals surface area (Å²) in [7, 11) is 0. The number of hydrogen-bond donors (Lipinski definition) is 2. The van der Waals surface area contributed by atoms with E-state index in [0.717, 1.165) is 10.7 Å². The third kappa shape index (κ3) is 4.13. The van der Waals surface area contributed by atoms with Gasteiger partial charge in [-0.25, -0.2) is 14.2 Å². The normalized spacial score (nSPS) is 11.8. The van der Waals surface area contributed by atoms with Crippen molar-refractivity contribution in [1.82, 2.24) is 24.4 Å². The van der Waals surface area contributed by atoms with Crippen LogP contribution in [0.4, 0.5) is 24.8 Å². The van der Waals surface area contributed by atoms with Crippen LogP contribution in [0.1, 0.15) is 35.5 Å². The molecule has 3 heterocycles. The van der Waals surface area contributed by atoms with Crippen LogP contribution >= 0.6 is 0 Å². The first-order valence-corrected chi connectivity index (χ1v) is 9.79. The zero-order valence-corrected chi connectivity index (χ0v) is 17.5. The molecule has 0 fully saturated rings. The van der Waals surface area contributed by atoms with Crippen molar-refractivity contribution in [1.29, 1.82) is 0 Å². The number of nitrogens with zero attached hydrogens (tertiary/aromatic N) is 5. The van der Waals surface area contributed by atoms with Crippen molar-refractivity contribution < 1.29 is 18.0 Å². The largest absolute Gasteiger partial charge is 0.418 e. The van der Waals surface area contributed by atoms with Crippen LogP contribution in [0.2, 0.25) is 0 Å². The highest BCUT2D eigenvalue weighted by Gasteiger charge is 2.34. The second-order valence-electron chi connectivity index (χ2n) is 7.49. The fourth-order valence-corrected chi connectivity index (χ4v) is 3.26. The predicted octanol–water partition coefficient (Wildman–Crippen LogP) is 4.31. The van der Waals surface area contributed by atoms with E-state index in [4.69, 9.17) is 0 Å². The molecule has 166 valence electrons. The SMILES string of the molecule is Cc1cc(NC(=O)c2cnn3ccc(NC(C)C)nc23)n(-c2ccccc2C(F)(F)F)n1. The molecule has 0 aliphatic heterocycles. The molecule has 0 spiro atoms. The summed E-state index contributed by atoms with van der Waals surface area (Å²) in [5.74, 6) is 0.0990. The summed E-state index contributed by atoms with van der Waals surface area (Å²) in [6.45, 7) is 5.54. The quantitative estimate of drug-likeness (QED) is 0.480. The molecule has 0 bridgehead atoms. The number of alkyl halides is 3. The molecule has 0 unspecified atom stereocenters. The van der Waals surface area contributed by atoms with Crippen molar-refractivity contribution in [3.63, 3.8) is 0 Å². The Balaban J connectivity index is 1.71. The van der Waals surface area contributed by atoms with Crippen molar-refractivity contribution in [2.24, 2.45) is 0 Å². The maximum absolute atomic E-state index is 13.5. The van der Waals surface area contributed by atoms with Gasteiger partial charge >= 0.3 is 6.18 Å². The number of nitrogens with one attached hydrogen (secondary N) is 2. The van der Waals surface area contributed by atoms with Crippen molar-refractivity contribution in [2.45, 2.75) is 33.0 Å². The van der Waals surface area contributed by atoms with Gasteiger partial charge in [0.05, 0.1) is 23.1 Å². The molecule has 0 aliphatic carbocycles. The van der Waals surface area contributed by atoms with Gasteiger partial charge in [0.1, 0.15) is 17.2 Å². The van der Waals surface area contributed by atoms with E-state index in [1.54, 1.807) is 19.2 Å². The lowest BCUT2D eigenvalue weighted by Crippen LogP contribution is -2.18. The number of anilines is 2. The van der Waals surface area contributed by atoms with Crippen LogP contribution < -0.4 is 10.6 Å². The molecule has 2 N–H and O–H groups in total. The Morgan fingerprint density at radius 1 is 1.16 bits per heavy atom. The van der Waals surface area contributed by atoms with Gasteiger partial charge in [0.2, 0.25) is 0 Å². The molecule has 4 rings (SSSR count). The Morgan fingerprint density at radius 3 is 2.62 bits per heavy atom. The fourth-order valence-electron chi connectivity index (χ4n) is 3.26. The number of aromatic nitrogens is 5. The minimum absolute atomic E-state index is 0.0972. The smallest absolute Gasteiger partial charge is 0.368 e. The zero-order valence-electron chi connectivity index (χ0n) is 17.5. The number of amides is 1. The Labute approximate surface area is 181 Å². The van der Waals surface area contributed by atoms with Crippen LogP contribution in [0.3, 0.4) is 0 Å². The Bertz CT molecular complexity index is 1290. The highest BCUT2D eigenvalue weighted by Crippen LogP contribution is 2.34. The van der Waals surface area contributed by atoms with E-state index in [0.29, 0.717) is 17.2 Å². The second kappa shape index (κ2) is 7.98. The standard InChI is InChI=1S/C21H20F3N7O/c1-12(2)26-17-8-9-30-19(27-17)14(11-25-30)20(32)28-18-10-13(3)29-31(18)16-7-5-4-6-15(16)21(22,23)24/h4-12H,1-3H3,(H,26,27)(H,28,32). The molecule has 4 aromatic rings. The molecule has 0 atom stereocenters. The average Bonchev–Trinajstić information content (AvgIpc) is 3.29. The minimum atomic E-state index is -4.58. The van der Waals surface area contributed by atoms with Crippen molar-refractivity contribution in [3.8, 4) is 5.69 Å². The molecular formula is C21H20F3N7O. The third-order valence-corrected chi connectivity index (χ3v) is 4.56. The van der Waals surface area contributed by atoms with Gasteiger partial charge in [-0.2, -0.15) is 23.4 Å². The fraction of sp³-hybridized carbons (Fsp3) is 0.238. The van der Waals surface area contributed by atoms with Crippen molar-refractivity contribution >= 4 is 23.2 Å². The molecular weight excluding hydrogens is 423 g/mol. The molecule has 0 radical (unpaired) electrons. The molecule has 3 aromatic heterocycles. The number of carbonyl (C=O) groups is 1. The van der Waals surface area contributed by atoms with Crippen LogP contribution in [-0.4, -0.2) is 36.3 Å². The van der Waals surface area contributed by atoms with E-state index in [2.05, 4.69) is 25.8 Å². The first-order chi connectivity index (χ1) is 15.1. The molecule has 11 heteroatoms. The lowest BCUT2D eigenvalue weighted by Gasteiger charge is -2.15. The van der Waals surface area contributed by atoms with Crippen molar-refractivity contribution in [2.75, 3.05) is 10.6 Å². The van der Waals surface area contributed by atoms with E-state index >= 15 is 0 Å². The average molecular weight is 443 g/mol. The van der Waals surface area contributed by atoms with Crippen LogP contribution in [0, 0.1) is 6.92 Å². The number of fused-ring (bicyclic) bond motifs is 1. The minimum Gasteiger partial charge on any atom is -0.368 e. The maximum atomic E-state index is 13.5. The van der Waals surface area contributed by atoms with Gasteiger partial charge in [-0.1, -0.05) is 12.1 Å². The molecule has 0 saturated carbocycles. The number of carbonyl (C=O) groups excluding carboxylic acids is 1. The van der Waals surface area contributed by atoms with Gasteiger partial charge in [0, 0.05) is 18.3 Å². The highest BCUT2D eigenvalue weighted by atomic mass is 19.4. The summed E-state index contributed by atoms with van der Waals surface area (Å²) < 4.78 is 43.0. The van der Waals surface area contributed by atoms with Gasteiger partial charge in [-0.15, -0.1) is 0 Å². The van der Waals surface area contributed by atoms with Crippen molar-refractivity contribution in [3.05, 3.63) is 65.6 Å². The zero-order chi connectivity index (χ0) is 23.0. The summed E-state index contributed by atoms with van der Waals surface area (Å²) in [5, 5.41) is 14.1.